The Balaban J connectivity index is 1.75. The Hall–Kier alpha value is -3.64. The molecule has 4 rings (SSSR count). The van der Waals surface area contributed by atoms with E-state index < -0.39 is 0 Å². The van der Waals surface area contributed by atoms with Gasteiger partial charge in [0.25, 0.3) is 0 Å². The second-order valence-electron chi connectivity index (χ2n) is 8.62. The van der Waals surface area contributed by atoms with E-state index in [1.165, 1.54) is 11.3 Å². The van der Waals surface area contributed by atoms with Crippen LogP contribution in [0.25, 0.3) is 33.7 Å². The van der Waals surface area contributed by atoms with Gasteiger partial charge < -0.3 is 14.8 Å². The van der Waals surface area contributed by atoms with Gasteiger partial charge in [0.15, 0.2) is 5.65 Å². The van der Waals surface area contributed by atoms with Crippen LogP contribution in [0.5, 0.6) is 0 Å². The summed E-state index contributed by atoms with van der Waals surface area (Å²) in [5, 5.41) is 8.67. The highest BCUT2D eigenvalue weighted by Gasteiger charge is 2.21. The van der Waals surface area contributed by atoms with Gasteiger partial charge in [0.05, 0.1) is 11.4 Å². The van der Waals surface area contributed by atoms with Crippen molar-refractivity contribution < 1.29 is 0 Å². The summed E-state index contributed by atoms with van der Waals surface area (Å²) in [6.07, 6.45) is 16.1. The standard InChI is InChI=1S/C28H34N6/c1-6-9-11-21(8-3)22-17-24-27(31-32-28(24)29-19-22)25-18-23(20(4)30-25)26(12-10-7-2)34-15-13-33(5)14-16-34/h6-12,17-19,30H,1,13-16H2,2-5H3,(H,29,31,32)/b10-7-,11-9-,21-8+,26-12+. The minimum Gasteiger partial charge on any atom is -0.368 e. The molecule has 0 aromatic carbocycles. The number of likely N-dealkylation sites (N-methyl/N-ethyl adjacent to an activating group) is 1. The average molecular weight is 455 g/mol. The summed E-state index contributed by atoms with van der Waals surface area (Å²) in [5.41, 5.74) is 8.41. The molecule has 3 aromatic rings. The zero-order chi connectivity index (χ0) is 24.1. The Labute approximate surface area is 202 Å². The van der Waals surface area contributed by atoms with Crippen molar-refractivity contribution in [1.29, 1.82) is 0 Å². The molecule has 0 spiro atoms. The van der Waals surface area contributed by atoms with Crippen molar-refractivity contribution in [3.63, 3.8) is 0 Å². The van der Waals surface area contributed by atoms with Gasteiger partial charge in [-0.2, -0.15) is 5.10 Å². The lowest BCUT2D eigenvalue weighted by Gasteiger charge is -2.35. The van der Waals surface area contributed by atoms with E-state index in [1.54, 1.807) is 6.08 Å². The topological polar surface area (TPSA) is 63.8 Å². The number of piperazine rings is 1. The van der Waals surface area contributed by atoms with Gasteiger partial charge in [-0.15, -0.1) is 0 Å². The second kappa shape index (κ2) is 10.5. The number of allylic oxidation sites excluding steroid dienone is 8. The summed E-state index contributed by atoms with van der Waals surface area (Å²) in [7, 11) is 2.18. The van der Waals surface area contributed by atoms with Crippen LogP contribution in [-0.4, -0.2) is 63.2 Å². The highest BCUT2D eigenvalue weighted by Crippen LogP contribution is 2.32. The molecular weight excluding hydrogens is 420 g/mol. The predicted molar refractivity (Wildman–Crippen MR) is 143 cm³/mol. The molecule has 1 fully saturated rings. The SMILES string of the molecule is C=C/C=C\C(=C/C)c1cnc2n[nH]c(-c3cc(/C(=C\C=C/C)N4CCN(C)CC4)c(C)[nH]3)c2c1. The van der Waals surface area contributed by atoms with Gasteiger partial charge in [0, 0.05) is 60.3 Å². The Morgan fingerprint density at radius 1 is 1.12 bits per heavy atom. The number of rotatable bonds is 7. The number of hydrogen-bond donors (Lipinski definition) is 2. The van der Waals surface area contributed by atoms with E-state index in [0.29, 0.717) is 5.65 Å². The molecule has 1 aliphatic heterocycles. The van der Waals surface area contributed by atoms with Gasteiger partial charge >= 0.3 is 0 Å². The third-order valence-electron chi connectivity index (χ3n) is 6.32. The number of H-pyrrole nitrogens is 2. The molecule has 0 aliphatic carbocycles. The maximum Gasteiger partial charge on any atom is 0.181 e. The maximum atomic E-state index is 4.60. The van der Waals surface area contributed by atoms with Crippen molar-refractivity contribution in [2.75, 3.05) is 33.2 Å². The summed E-state index contributed by atoms with van der Waals surface area (Å²) in [5.74, 6) is 0. The van der Waals surface area contributed by atoms with E-state index in [0.717, 1.165) is 59.8 Å². The van der Waals surface area contributed by atoms with Crippen LogP contribution in [0.3, 0.4) is 0 Å². The Kier molecular flexibility index (Phi) is 7.28. The van der Waals surface area contributed by atoms with Crippen LogP contribution in [0.15, 0.2) is 67.4 Å². The summed E-state index contributed by atoms with van der Waals surface area (Å²) in [6.45, 7) is 14.2. The van der Waals surface area contributed by atoms with Gasteiger partial charge in [0.2, 0.25) is 0 Å². The van der Waals surface area contributed by atoms with Crippen molar-refractivity contribution in [3.05, 3.63) is 84.3 Å². The van der Waals surface area contributed by atoms with Gasteiger partial charge in [-0.3, -0.25) is 5.10 Å². The number of aromatic amines is 2. The summed E-state index contributed by atoms with van der Waals surface area (Å²) < 4.78 is 0. The summed E-state index contributed by atoms with van der Waals surface area (Å²) in [4.78, 5) is 13.1. The maximum absolute atomic E-state index is 4.60. The molecule has 34 heavy (non-hydrogen) atoms. The number of fused-ring (bicyclic) bond motifs is 1. The lowest BCUT2D eigenvalue weighted by molar-refractivity contribution is 0.207. The van der Waals surface area contributed by atoms with E-state index in [1.807, 2.05) is 25.3 Å². The van der Waals surface area contributed by atoms with Crippen LogP contribution in [-0.2, 0) is 0 Å². The molecule has 1 aliphatic rings. The number of aryl methyl sites for hydroxylation is 1. The van der Waals surface area contributed by atoms with Crippen LogP contribution >= 0.6 is 0 Å². The van der Waals surface area contributed by atoms with Crippen LogP contribution in [0, 0.1) is 6.92 Å². The van der Waals surface area contributed by atoms with E-state index in [2.05, 4.69) is 93.9 Å². The van der Waals surface area contributed by atoms with Crippen molar-refractivity contribution >= 4 is 22.3 Å². The molecule has 0 saturated carbocycles. The van der Waals surface area contributed by atoms with Gasteiger partial charge in [0.1, 0.15) is 0 Å². The largest absolute Gasteiger partial charge is 0.368 e. The Bertz CT molecular complexity index is 1280. The van der Waals surface area contributed by atoms with Crippen molar-refractivity contribution in [3.8, 4) is 11.4 Å². The van der Waals surface area contributed by atoms with Crippen LogP contribution in [0.4, 0.5) is 0 Å². The molecule has 176 valence electrons. The highest BCUT2D eigenvalue weighted by atomic mass is 15.3. The fraction of sp³-hybridized carbons (Fsp3) is 0.286. The smallest absolute Gasteiger partial charge is 0.181 e. The predicted octanol–water partition coefficient (Wildman–Crippen LogP) is 5.57. The average Bonchev–Trinajstić information content (AvgIpc) is 3.44. The molecule has 2 N–H and O–H groups in total. The number of nitrogens with one attached hydrogen (secondary N) is 2. The lowest BCUT2D eigenvalue weighted by Crippen LogP contribution is -2.43. The van der Waals surface area contributed by atoms with E-state index >= 15 is 0 Å². The molecule has 3 aromatic heterocycles. The molecule has 0 amide bonds. The van der Waals surface area contributed by atoms with E-state index in [4.69, 9.17) is 0 Å². The molecule has 0 bridgehead atoms. The van der Waals surface area contributed by atoms with E-state index in [-0.39, 0.29) is 0 Å². The third kappa shape index (κ3) is 4.82. The summed E-state index contributed by atoms with van der Waals surface area (Å²) in [6, 6.07) is 4.38. The third-order valence-corrected chi connectivity index (χ3v) is 6.32. The minimum atomic E-state index is 0.708. The lowest BCUT2D eigenvalue weighted by atomic mass is 10.0. The van der Waals surface area contributed by atoms with Crippen LogP contribution in [0.2, 0.25) is 0 Å². The molecule has 0 radical (unpaired) electrons. The molecule has 0 unspecified atom stereocenters. The first-order valence-electron chi connectivity index (χ1n) is 11.8. The number of aromatic nitrogens is 4. The van der Waals surface area contributed by atoms with Gasteiger partial charge in [-0.1, -0.05) is 43.0 Å². The molecular formula is C28H34N6. The molecule has 4 heterocycles. The fourth-order valence-corrected chi connectivity index (χ4v) is 4.35. The first-order chi connectivity index (χ1) is 16.5. The zero-order valence-electron chi connectivity index (χ0n) is 20.6. The number of pyridine rings is 1. The number of hydrogen-bond acceptors (Lipinski definition) is 4. The van der Waals surface area contributed by atoms with Crippen molar-refractivity contribution in [2.45, 2.75) is 20.8 Å². The minimum absolute atomic E-state index is 0.708. The number of nitrogens with zero attached hydrogens (tertiary/aromatic N) is 4. The monoisotopic (exact) mass is 454 g/mol. The molecule has 1 saturated heterocycles. The van der Waals surface area contributed by atoms with E-state index in [9.17, 15) is 0 Å². The van der Waals surface area contributed by atoms with Crippen LogP contribution in [0.1, 0.15) is 30.7 Å². The first kappa shape index (κ1) is 23.5. The molecule has 0 atom stereocenters. The fourth-order valence-electron chi connectivity index (χ4n) is 4.35. The van der Waals surface area contributed by atoms with Gasteiger partial charge in [-0.25, -0.2) is 4.98 Å². The van der Waals surface area contributed by atoms with Crippen molar-refractivity contribution in [2.24, 2.45) is 0 Å². The zero-order valence-corrected chi connectivity index (χ0v) is 20.6. The Morgan fingerprint density at radius 3 is 2.62 bits per heavy atom. The Morgan fingerprint density at radius 2 is 1.91 bits per heavy atom. The quantitative estimate of drug-likeness (QED) is 0.458. The van der Waals surface area contributed by atoms with Crippen LogP contribution < -0.4 is 0 Å². The summed E-state index contributed by atoms with van der Waals surface area (Å²) >= 11 is 0. The highest BCUT2D eigenvalue weighted by molar-refractivity contribution is 5.93. The molecule has 6 heteroatoms. The first-order valence-corrected chi connectivity index (χ1v) is 11.8. The van der Waals surface area contributed by atoms with Crippen molar-refractivity contribution in [1.82, 2.24) is 30.0 Å². The van der Waals surface area contributed by atoms with Gasteiger partial charge in [-0.05, 0) is 51.6 Å². The molecule has 6 nitrogen and oxygen atoms in total. The second-order valence-corrected chi connectivity index (χ2v) is 8.62. The normalized spacial score (nSPS) is 16.4.